The molecule has 1 aliphatic heterocycles. The second-order valence-electron chi connectivity index (χ2n) is 5.49. The van der Waals surface area contributed by atoms with Crippen LogP contribution in [0, 0.1) is 5.92 Å². The summed E-state index contributed by atoms with van der Waals surface area (Å²) >= 11 is 1.58. The summed E-state index contributed by atoms with van der Waals surface area (Å²) in [6, 6.07) is 3.70. The zero-order valence-corrected chi connectivity index (χ0v) is 13.3. The molecule has 0 atom stereocenters. The van der Waals surface area contributed by atoms with Crippen LogP contribution in [0.1, 0.15) is 18.7 Å². The van der Waals surface area contributed by atoms with E-state index >= 15 is 0 Å². The number of hydrogen-bond donors (Lipinski definition) is 1. The monoisotopic (exact) mass is 316 g/mol. The molecule has 0 unspecified atom stereocenters. The smallest absolute Gasteiger partial charge is 0.317 e. The highest BCUT2D eigenvalue weighted by Crippen LogP contribution is 2.19. The van der Waals surface area contributed by atoms with Crippen molar-refractivity contribution >= 4 is 27.2 Å². The third-order valence-corrected chi connectivity index (χ3v) is 6.52. The average molecular weight is 316 g/mol. The standard InChI is InChI=1S/C13H20N2O3S2/c1-10(2)9-20(17,18)12-7-15(8-12)13(16)14-6-11-4-3-5-19-11/h3-5,10,12H,6-9H2,1-2H3,(H,14,16). The maximum absolute atomic E-state index is 12.0. The number of nitrogens with one attached hydrogen (secondary N) is 1. The fraction of sp³-hybridized carbons (Fsp3) is 0.615. The van der Waals surface area contributed by atoms with Crippen LogP contribution in [0.5, 0.6) is 0 Å². The van der Waals surface area contributed by atoms with E-state index in [1.165, 1.54) is 0 Å². The van der Waals surface area contributed by atoms with E-state index in [-0.39, 0.29) is 17.7 Å². The van der Waals surface area contributed by atoms with Crippen LogP contribution in [0.3, 0.4) is 0 Å². The van der Waals surface area contributed by atoms with Crippen LogP contribution in [-0.4, -0.2) is 43.4 Å². The van der Waals surface area contributed by atoms with Gasteiger partial charge in [-0.1, -0.05) is 19.9 Å². The molecule has 0 saturated carbocycles. The molecule has 1 aromatic rings. The Morgan fingerprint density at radius 1 is 1.50 bits per heavy atom. The molecular weight excluding hydrogens is 296 g/mol. The molecule has 0 aliphatic carbocycles. The van der Waals surface area contributed by atoms with Crippen molar-refractivity contribution in [3.05, 3.63) is 22.4 Å². The van der Waals surface area contributed by atoms with Gasteiger partial charge in [0.1, 0.15) is 0 Å². The first-order chi connectivity index (χ1) is 9.38. The first-order valence-corrected chi connectivity index (χ1v) is 9.24. The zero-order chi connectivity index (χ0) is 14.8. The molecule has 2 rings (SSSR count). The SMILES string of the molecule is CC(C)CS(=O)(=O)C1CN(C(=O)NCc2cccs2)C1. The number of sulfone groups is 1. The van der Waals surface area contributed by atoms with E-state index in [2.05, 4.69) is 5.32 Å². The molecule has 2 heterocycles. The number of carbonyl (C=O) groups excluding carboxylic acids is 1. The van der Waals surface area contributed by atoms with Gasteiger partial charge >= 0.3 is 6.03 Å². The van der Waals surface area contributed by atoms with Crippen molar-refractivity contribution in [3.63, 3.8) is 0 Å². The van der Waals surface area contributed by atoms with Crippen molar-refractivity contribution in [3.8, 4) is 0 Å². The van der Waals surface area contributed by atoms with Gasteiger partial charge in [0.15, 0.2) is 9.84 Å². The Hall–Kier alpha value is -1.08. The van der Waals surface area contributed by atoms with E-state index in [4.69, 9.17) is 0 Å². The van der Waals surface area contributed by atoms with Gasteiger partial charge < -0.3 is 10.2 Å². The summed E-state index contributed by atoms with van der Waals surface area (Å²) in [5.41, 5.74) is 0. The molecule has 0 aromatic carbocycles. The van der Waals surface area contributed by atoms with Gasteiger partial charge in [0.2, 0.25) is 0 Å². The predicted molar refractivity (Wildman–Crippen MR) is 80.5 cm³/mol. The lowest BCUT2D eigenvalue weighted by Crippen LogP contribution is -2.59. The summed E-state index contributed by atoms with van der Waals surface area (Å²) in [6.07, 6.45) is 0. The molecule has 1 N–H and O–H groups in total. The largest absolute Gasteiger partial charge is 0.333 e. The number of likely N-dealkylation sites (tertiary alicyclic amines) is 1. The summed E-state index contributed by atoms with van der Waals surface area (Å²) in [5, 5.41) is 4.37. The molecule has 0 spiro atoms. The predicted octanol–water partition coefficient (Wildman–Crippen LogP) is 1.71. The Kier molecular flexibility index (Phi) is 4.70. The van der Waals surface area contributed by atoms with Gasteiger partial charge in [-0.25, -0.2) is 13.2 Å². The van der Waals surface area contributed by atoms with E-state index < -0.39 is 15.1 Å². The van der Waals surface area contributed by atoms with Crippen molar-refractivity contribution < 1.29 is 13.2 Å². The quantitative estimate of drug-likeness (QED) is 0.899. The fourth-order valence-corrected chi connectivity index (χ4v) is 4.78. The molecule has 1 aliphatic rings. The first kappa shape index (κ1) is 15.3. The average Bonchev–Trinajstić information content (AvgIpc) is 2.74. The van der Waals surface area contributed by atoms with Crippen molar-refractivity contribution in [2.45, 2.75) is 25.6 Å². The molecule has 1 aromatic heterocycles. The van der Waals surface area contributed by atoms with Crippen molar-refractivity contribution in [2.75, 3.05) is 18.8 Å². The van der Waals surface area contributed by atoms with Crippen LogP contribution in [0.25, 0.3) is 0 Å². The summed E-state index contributed by atoms with van der Waals surface area (Å²) in [7, 11) is -3.07. The van der Waals surface area contributed by atoms with Crippen LogP contribution in [-0.2, 0) is 16.4 Å². The summed E-state index contributed by atoms with van der Waals surface area (Å²) < 4.78 is 24.0. The Morgan fingerprint density at radius 3 is 2.75 bits per heavy atom. The van der Waals surface area contributed by atoms with E-state index in [1.807, 2.05) is 31.4 Å². The third kappa shape index (κ3) is 3.73. The molecule has 112 valence electrons. The van der Waals surface area contributed by atoms with E-state index in [0.29, 0.717) is 19.6 Å². The molecule has 0 bridgehead atoms. The molecule has 7 heteroatoms. The lowest BCUT2D eigenvalue weighted by atomic mass is 10.2. The van der Waals surface area contributed by atoms with Crippen LogP contribution < -0.4 is 5.32 Å². The Morgan fingerprint density at radius 2 is 2.20 bits per heavy atom. The number of nitrogens with zero attached hydrogens (tertiary/aromatic N) is 1. The van der Waals surface area contributed by atoms with Crippen LogP contribution >= 0.6 is 11.3 Å². The Bertz CT molecular complexity index is 546. The van der Waals surface area contributed by atoms with Gasteiger partial charge in [-0.05, 0) is 17.4 Å². The van der Waals surface area contributed by atoms with Crippen LogP contribution in [0.4, 0.5) is 4.79 Å². The van der Waals surface area contributed by atoms with Gasteiger partial charge in [0.25, 0.3) is 0 Å². The van der Waals surface area contributed by atoms with E-state index in [1.54, 1.807) is 16.2 Å². The maximum atomic E-state index is 12.0. The van der Waals surface area contributed by atoms with Gasteiger partial charge in [0.05, 0.1) is 17.5 Å². The number of hydrogen-bond acceptors (Lipinski definition) is 4. The molecule has 0 radical (unpaired) electrons. The van der Waals surface area contributed by atoms with Gasteiger partial charge in [-0.3, -0.25) is 0 Å². The molecule has 20 heavy (non-hydrogen) atoms. The lowest BCUT2D eigenvalue weighted by Gasteiger charge is -2.38. The normalized spacial score (nSPS) is 16.2. The third-order valence-electron chi connectivity index (χ3n) is 3.20. The van der Waals surface area contributed by atoms with E-state index in [0.717, 1.165) is 4.88 Å². The Balaban J connectivity index is 1.77. The summed E-state index contributed by atoms with van der Waals surface area (Å²) in [4.78, 5) is 14.5. The molecule has 1 fully saturated rings. The molecule has 2 amide bonds. The van der Waals surface area contributed by atoms with E-state index in [9.17, 15) is 13.2 Å². The highest BCUT2D eigenvalue weighted by Gasteiger charge is 2.39. The maximum Gasteiger partial charge on any atom is 0.317 e. The van der Waals surface area contributed by atoms with Crippen LogP contribution in [0.15, 0.2) is 17.5 Å². The zero-order valence-electron chi connectivity index (χ0n) is 11.7. The minimum absolute atomic E-state index is 0.127. The lowest BCUT2D eigenvalue weighted by molar-refractivity contribution is 0.169. The number of urea groups is 1. The minimum Gasteiger partial charge on any atom is -0.333 e. The van der Waals surface area contributed by atoms with Gasteiger partial charge in [-0.2, -0.15) is 0 Å². The topological polar surface area (TPSA) is 66.5 Å². The first-order valence-electron chi connectivity index (χ1n) is 6.65. The van der Waals surface area contributed by atoms with Gasteiger partial charge in [0, 0.05) is 18.0 Å². The number of thiophene rings is 1. The number of amides is 2. The van der Waals surface area contributed by atoms with Crippen molar-refractivity contribution in [2.24, 2.45) is 5.92 Å². The summed E-state index contributed by atoms with van der Waals surface area (Å²) in [6.45, 7) is 4.90. The number of rotatable bonds is 5. The van der Waals surface area contributed by atoms with Crippen LogP contribution in [0.2, 0.25) is 0 Å². The van der Waals surface area contributed by atoms with Gasteiger partial charge in [-0.15, -0.1) is 11.3 Å². The van der Waals surface area contributed by atoms with Crippen molar-refractivity contribution in [1.29, 1.82) is 0 Å². The Labute approximate surface area is 123 Å². The number of carbonyl (C=O) groups is 1. The molecular formula is C13H20N2O3S2. The highest BCUT2D eigenvalue weighted by molar-refractivity contribution is 7.92. The fourth-order valence-electron chi connectivity index (χ4n) is 2.12. The van der Waals surface area contributed by atoms with Crippen molar-refractivity contribution in [1.82, 2.24) is 10.2 Å². The minimum atomic E-state index is -3.07. The summed E-state index contributed by atoms with van der Waals surface area (Å²) in [5.74, 6) is 0.323. The second kappa shape index (κ2) is 6.13. The molecule has 5 nitrogen and oxygen atoms in total. The molecule has 1 saturated heterocycles. The highest BCUT2D eigenvalue weighted by atomic mass is 32.2. The second-order valence-corrected chi connectivity index (χ2v) is 8.85.